The van der Waals surface area contributed by atoms with Crippen LogP contribution in [-0.4, -0.2) is 75.9 Å². The van der Waals surface area contributed by atoms with Crippen molar-refractivity contribution in [3.05, 3.63) is 59.3 Å². The Kier molecular flexibility index (Phi) is 9.06. The highest BCUT2D eigenvalue weighted by Gasteiger charge is 2.60. The molecule has 8 heteroatoms. The molecule has 0 amide bonds. The van der Waals surface area contributed by atoms with Gasteiger partial charge < -0.3 is 34.3 Å². The van der Waals surface area contributed by atoms with Crippen LogP contribution in [0.25, 0.3) is 0 Å². The van der Waals surface area contributed by atoms with E-state index in [2.05, 4.69) is 26.8 Å². The molecule has 0 aromatic rings. The molecule has 0 saturated carbocycles. The maximum atomic E-state index is 14.0. The SMILES string of the molecule is CCC(C)C1O[C@]2(C=C[C@@H]1C)CC1C[C@@H](C/C=C(\C)[C@@H](O)[C@@H](C)/C=C/C=C3\CO[C@@H]4C(O)C(C)=CC(C(=O)O1)[C@]34O)O2. The first-order chi connectivity index (χ1) is 19.9. The Labute approximate surface area is 249 Å². The summed E-state index contributed by atoms with van der Waals surface area (Å²) in [4.78, 5) is 14.0. The predicted molar refractivity (Wildman–Crippen MR) is 158 cm³/mol. The minimum Gasteiger partial charge on any atom is -0.462 e. The second-order valence-electron chi connectivity index (χ2n) is 13.2. The van der Waals surface area contributed by atoms with Gasteiger partial charge in [0, 0.05) is 24.7 Å². The van der Waals surface area contributed by atoms with Gasteiger partial charge >= 0.3 is 5.97 Å². The molecule has 1 aliphatic carbocycles. The van der Waals surface area contributed by atoms with Gasteiger partial charge in [-0.25, -0.2) is 0 Å². The number of rotatable bonds is 2. The number of hydrogen-bond donors (Lipinski definition) is 3. The van der Waals surface area contributed by atoms with Crippen LogP contribution in [0.15, 0.2) is 59.3 Å². The number of hydrogen-bond acceptors (Lipinski definition) is 8. The Bertz CT molecular complexity index is 1180. The van der Waals surface area contributed by atoms with Gasteiger partial charge in [-0.05, 0) is 49.0 Å². The largest absolute Gasteiger partial charge is 0.462 e. The molecule has 2 saturated heterocycles. The monoisotopic (exact) mass is 584 g/mol. The van der Waals surface area contributed by atoms with Crippen LogP contribution in [0.5, 0.6) is 0 Å². The Hall–Kier alpha value is -2.07. The third-order valence-corrected chi connectivity index (χ3v) is 10.1. The lowest BCUT2D eigenvalue weighted by Gasteiger charge is -2.48. The van der Waals surface area contributed by atoms with E-state index in [9.17, 15) is 20.1 Å². The van der Waals surface area contributed by atoms with Crippen molar-refractivity contribution in [1.29, 1.82) is 0 Å². The average Bonchev–Trinajstić information content (AvgIpc) is 3.30. The van der Waals surface area contributed by atoms with Crippen LogP contribution in [-0.2, 0) is 23.7 Å². The molecule has 42 heavy (non-hydrogen) atoms. The maximum Gasteiger partial charge on any atom is 0.316 e. The van der Waals surface area contributed by atoms with Gasteiger partial charge in [0.1, 0.15) is 29.8 Å². The molecule has 2 fully saturated rings. The number of ether oxygens (including phenoxy) is 4. The molecule has 0 aromatic carbocycles. The van der Waals surface area contributed by atoms with Crippen LogP contribution in [0.3, 0.4) is 0 Å². The van der Waals surface area contributed by atoms with Gasteiger partial charge in [-0.3, -0.25) is 4.79 Å². The van der Waals surface area contributed by atoms with Gasteiger partial charge in [0.25, 0.3) is 0 Å². The number of aliphatic hydroxyl groups excluding tert-OH is 2. The van der Waals surface area contributed by atoms with Crippen molar-refractivity contribution >= 4 is 5.97 Å². The molecule has 5 unspecified atom stereocenters. The summed E-state index contributed by atoms with van der Waals surface area (Å²) in [5.41, 5.74) is 0.101. The molecular weight excluding hydrogens is 536 g/mol. The van der Waals surface area contributed by atoms with Crippen LogP contribution < -0.4 is 0 Å². The van der Waals surface area contributed by atoms with Crippen molar-refractivity contribution in [3.63, 3.8) is 0 Å². The first kappa shape index (κ1) is 31.4. The van der Waals surface area contributed by atoms with Crippen molar-refractivity contribution in [1.82, 2.24) is 0 Å². The molecule has 5 aliphatic rings. The molecule has 5 rings (SSSR count). The number of allylic oxidation sites excluding steroid dienone is 2. The highest BCUT2D eigenvalue weighted by molar-refractivity contribution is 5.78. The van der Waals surface area contributed by atoms with E-state index in [1.54, 1.807) is 25.2 Å². The van der Waals surface area contributed by atoms with E-state index in [0.717, 1.165) is 12.0 Å². The topological polar surface area (TPSA) is 115 Å². The van der Waals surface area contributed by atoms with E-state index >= 15 is 0 Å². The average molecular weight is 585 g/mol. The zero-order chi connectivity index (χ0) is 30.4. The fraction of sp³-hybridized carbons (Fsp3) is 0.676. The number of aliphatic hydroxyl groups is 3. The minimum absolute atomic E-state index is 0.0464. The van der Waals surface area contributed by atoms with Crippen LogP contribution in [0.4, 0.5) is 0 Å². The zero-order valence-electron chi connectivity index (χ0n) is 25.7. The summed E-state index contributed by atoms with van der Waals surface area (Å²) in [6, 6.07) is 0. The van der Waals surface area contributed by atoms with Gasteiger partial charge in [-0.1, -0.05) is 70.6 Å². The van der Waals surface area contributed by atoms with Gasteiger partial charge in [-0.2, -0.15) is 0 Å². The summed E-state index contributed by atoms with van der Waals surface area (Å²) < 4.78 is 25.5. The normalized spacial score (nSPS) is 48.3. The van der Waals surface area contributed by atoms with E-state index in [4.69, 9.17) is 18.9 Å². The minimum atomic E-state index is -1.77. The molecule has 12 atom stereocenters. The molecule has 0 aromatic heterocycles. The second kappa shape index (κ2) is 12.1. The highest BCUT2D eigenvalue weighted by Crippen LogP contribution is 2.47. The van der Waals surface area contributed by atoms with Crippen LogP contribution in [0.1, 0.15) is 67.2 Å². The van der Waals surface area contributed by atoms with Crippen LogP contribution in [0, 0.1) is 23.7 Å². The number of fused-ring (bicyclic) bond motifs is 2. The second-order valence-corrected chi connectivity index (χ2v) is 13.2. The third-order valence-electron chi connectivity index (χ3n) is 10.1. The molecule has 232 valence electrons. The Morgan fingerprint density at radius 2 is 1.81 bits per heavy atom. The fourth-order valence-corrected chi connectivity index (χ4v) is 7.15. The van der Waals surface area contributed by atoms with E-state index < -0.39 is 47.7 Å². The Morgan fingerprint density at radius 3 is 2.55 bits per heavy atom. The Balaban J connectivity index is 1.54. The molecule has 0 radical (unpaired) electrons. The quantitative estimate of drug-likeness (QED) is 0.325. The maximum absolute atomic E-state index is 14.0. The summed E-state index contributed by atoms with van der Waals surface area (Å²) >= 11 is 0. The first-order valence-electron chi connectivity index (χ1n) is 15.6. The smallest absolute Gasteiger partial charge is 0.316 e. The first-order valence-corrected chi connectivity index (χ1v) is 15.6. The number of carbonyl (C=O) groups is 1. The van der Waals surface area contributed by atoms with E-state index in [-0.39, 0.29) is 30.7 Å². The summed E-state index contributed by atoms with van der Waals surface area (Å²) in [6.07, 6.45) is 11.7. The lowest BCUT2D eigenvalue weighted by Crippen LogP contribution is -2.58. The van der Waals surface area contributed by atoms with E-state index in [1.165, 1.54) is 0 Å². The van der Waals surface area contributed by atoms with Crippen molar-refractivity contribution in [3.8, 4) is 0 Å². The van der Waals surface area contributed by atoms with Gasteiger partial charge in [0.15, 0.2) is 5.79 Å². The highest BCUT2D eigenvalue weighted by atomic mass is 16.7. The lowest BCUT2D eigenvalue weighted by molar-refractivity contribution is -0.300. The van der Waals surface area contributed by atoms with Crippen molar-refractivity contribution in [2.75, 3.05) is 6.61 Å². The zero-order valence-corrected chi connectivity index (χ0v) is 25.7. The van der Waals surface area contributed by atoms with E-state index in [1.807, 2.05) is 32.1 Å². The Morgan fingerprint density at radius 1 is 1.05 bits per heavy atom. The molecule has 8 nitrogen and oxygen atoms in total. The van der Waals surface area contributed by atoms with Crippen molar-refractivity contribution in [2.24, 2.45) is 23.7 Å². The molecule has 4 heterocycles. The summed E-state index contributed by atoms with van der Waals surface area (Å²) in [5.74, 6) is -2.35. The van der Waals surface area contributed by atoms with Gasteiger partial charge in [0.05, 0.1) is 24.9 Å². The molecule has 4 aliphatic heterocycles. The summed E-state index contributed by atoms with van der Waals surface area (Å²) in [6.45, 7) is 12.1. The molecule has 2 bridgehead atoms. The third kappa shape index (κ3) is 5.74. The number of carbonyl (C=O) groups excluding carboxylic acids is 1. The molecule has 3 N–H and O–H groups in total. The fourth-order valence-electron chi connectivity index (χ4n) is 7.15. The van der Waals surface area contributed by atoms with Crippen molar-refractivity contribution in [2.45, 2.75) is 115 Å². The standard InChI is InChI=1S/C34H48O8/c1-7-19(2)30-22(5)13-14-33(42-30)17-26-16-25(41-33)12-11-21(4)28(35)20(3)9-8-10-24-18-39-31-29(36)23(6)15-27(32(37)40-26)34(24,31)38/h8-11,13-15,19-20,22,25-31,35-36,38H,7,12,16-18H2,1-6H3/b9-8+,21-11+,24-10+/t19?,20-,22-,25+,26?,27?,28-,29?,30?,31+,33+,34+/m0/s1. The molecule has 1 spiro atoms. The number of esters is 1. The predicted octanol–water partition coefficient (Wildman–Crippen LogP) is 4.31. The van der Waals surface area contributed by atoms with Crippen LogP contribution in [0.2, 0.25) is 0 Å². The van der Waals surface area contributed by atoms with Gasteiger partial charge in [-0.15, -0.1) is 0 Å². The van der Waals surface area contributed by atoms with Crippen LogP contribution >= 0.6 is 0 Å². The van der Waals surface area contributed by atoms with Crippen molar-refractivity contribution < 1.29 is 39.1 Å². The lowest BCUT2D eigenvalue weighted by atomic mass is 9.71. The summed E-state index contributed by atoms with van der Waals surface area (Å²) in [7, 11) is 0. The molecular formula is C34H48O8. The van der Waals surface area contributed by atoms with Gasteiger partial charge in [0.2, 0.25) is 0 Å². The van der Waals surface area contributed by atoms with E-state index in [0.29, 0.717) is 36.3 Å². The summed E-state index contributed by atoms with van der Waals surface area (Å²) in [5, 5.41) is 34.0.